The number of nitrogens with one attached hydrogen (secondary N) is 1. The van der Waals surface area contributed by atoms with E-state index in [9.17, 15) is 26.4 Å². The summed E-state index contributed by atoms with van der Waals surface area (Å²) in [7, 11) is -2.50. The maximum atomic E-state index is 13.1. The van der Waals surface area contributed by atoms with Gasteiger partial charge in [0.05, 0.1) is 25.9 Å². The number of carbonyl (C=O) groups is 1. The predicted molar refractivity (Wildman–Crippen MR) is 116 cm³/mol. The van der Waals surface area contributed by atoms with Gasteiger partial charge < -0.3 is 14.8 Å². The summed E-state index contributed by atoms with van der Waals surface area (Å²) < 4.78 is 76.1. The number of benzene rings is 2. The Morgan fingerprint density at radius 2 is 1.79 bits per heavy atom. The molecule has 1 aliphatic heterocycles. The van der Waals surface area contributed by atoms with Crippen LogP contribution in [0.2, 0.25) is 0 Å². The van der Waals surface area contributed by atoms with Crippen LogP contribution < -0.4 is 10.1 Å². The van der Waals surface area contributed by atoms with Crippen molar-refractivity contribution in [2.45, 2.75) is 30.3 Å². The number of alkyl halides is 3. The lowest BCUT2D eigenvalue weighted by atomic mass is 9.96. The van der Waals surface area contributed by atoms with Crippen molar-refractivity contribution in [3.63, 3.8) is 0 Å². The molecule has 0 saturated carbocycles. The highest BCUT2D eigenvalue weighted by atomic mass is 32.2. The van der Waals surface area contributed by atoms with Crippen LogP contribution in [0.15, 0.2) is 47.4 Å². The summed E-state index contributed by atoms with van der Waals surface area (Å²) in [6, 6.07) is 8.98. The quantitative estimate of drug-likeness (QED) is 0.642. The van der Waals surface area contributed by atoms with Gasteiger partial charge in [-0.15, -0.1) is 0 Å². The van der Waals surface area contributed by atoms with Crippen LogP contribution in [-0.4, -0.2) is 52.0 Å². The van der Waals surface area contributed by atoms with E-state index in [-0.39, 0.29) is 41.8 Å². The minimum atomic E-state index is -4.42. The highest BCUT2D eigenvalue weighted by Crippen LogP contribution is 2.32. The van der Waals surface area contributed by atoms with E-state index < -0.39 is 27.7 Å². The molecule has 0 radical (unpaired) electrons. The van der Waals surface area contributed by atoms with Crippen molar-refractivity contribution in [3.8, 4) is 5.75 Å². The van der Waals surface area contributed by atoms with Crippen LogP contribution in [0.4, 0.5) is 18.9 Å². The number of sulfonamides is 1. The summed E-state index contributed by atoms with van der Waals surface area (Å²) in [5, 5.41) is 2.66. The average Bonchev–Trinajstić information content (AvgIpc) is 2.79. The molecule has 0 spiro atoms. The molecule has 1 heterocycles. The van der Waals surface area contributed by atoms with Crippen LogP contribution >= 0.6 is 0 Å². The first-order valence-corrected chi connectivity index (χ1v) is 11.7. The molecule has 7 nitrogen and oxygen atoms in total. The molecule has 1 aliphatic rings. The van der Waals surface area contributed by atoms with Gasteiger partial charge in [0.25, 0.3) is 0 Å². The van der Waals surface area contributed by atoms with Crippen LogP contribution in [0, 0.1) is 0 Å². The molecule has 1 amide bonds. The van der Waals surface area contributed by atoms with Gasteiger partial charge in [0.2, 0.25) is 15.9 Å². The fraction of sp³-hybridized carbons (Fsp3) is 0.409. The molecular weight excluding hydrogens is 461 g/mol. The summed E-state index contributed by atoms with van der Waals surface area (Å²) in [4.78, 5) is 12.5. The molecule has 1 N–H and O–H groups in total. The first kappa shape index (κ1) is 25.0. The minimum Gasteiger partial charge on any atom is -0.495 e. The van der Waals surface area contributed by atoms with E-state index in [1.54, 1.807) is 6.92 Å². The number of halogens is 3. The van der Waals surface area contributed by atoms with E-state index in [1.807, 2.05) is 0 Å². The van der Waals surface area contributed by atoms with Crippen LogP contribution in [0.3, 0.4) is 0 Å². The van der Waals surface area contributed by atoms with Crippen LogP contribution in [0.5, 0.6) is 5.75 Å². The second-order valence-electron chi connectivity index (χ2n) is 7.66. The molecule has 1 atom stereocenters. The zero-order valence-electron chi connectivity index (χ0n) is 18.2. The predicted octanol–water partition coefficient (Wildman–Crippen LogP) is 3.87. The number of carbonyl (C=O) groups excluding carboxylic acids is 1. The van der Waals surface area contributed by atoms with Gasteiger partial charge in [0, 0.05) is 25.2 Å². The number of morpholine rings is 1. The number of anilines is 1. The van der Waals surface area contributed by atoms with Crippen molar-refractivity contribution >= 4 is 21.6 Å². The van der Waals surface area contributed by atoms with E-state index in [0.717, 1.165) is 12.1 Å². The minimum absolute atomic E-state index is 0.00292. The smallest absolute Gasteiger partial charge is 0.416 e. The highest BCUT2D eigenvalue weighted by molar-refractivity contribution is 7.89. The molecule has 0 aromatic heterocycles. The van der Waals surface area contributed by atoms with Crippen molar-refractivity contribution in [1.82, 2.24) is 4.31 Å². The van der Waals surface area contributed by atoms with Crippen molar-refractivity contribution in [2.75, 3.05) is 38.7 Å². The standard InChI is InChI=1S/C22H25F3N2O5S/c1-15(16-3-5-17(6-4-16)22(23,24)25)13-21(28)26-18-7-8-19(31-2)20(14-18)33(29,30)27-9-11-32-12-10-27/h3-8,14-15H,9-13H2,1-2H3,(H,26,28). The van der Waals surface area contributed by atoms with Gasteiger partial charge in [0.1, 0.15) is 10.6 Å². The fourth-order valence-corrected chi connectivity index (χ4v) is 5.08. The number of nitrogens with zero attached hydrogens (tertiary/aromatic N) is 1. The van der Waals surface area contributed by atoms with E-state index in [0.29, 0.717) is 18.8 Å². The molecule has 2 aromatic rings. The molecule has 0 bridgehead atoms. The number of hydrogen-bond donors (Lipinski definition) is 1. The Bertz CT molecular complexity index is 1080. The Kier molecular flexibility index (Phi) is 7.65. The van der Waals surface area contributed by atoms with Gasteiger partial charge in [-0.25, -0.2) is 8.42 Å². The Morgan fingerprint density at radius 3 is 2.36 bits per heavy atom. The molecule has 1 fully saturated rings. The van der Waals surface area contributed by atoms with Crippen molar-refractivity contribution in [3.05, 3.63) is 53.6 Å². The first-order valence-electron chi connectivity index (χ1n) is 10.3. The number of rotatable bonds is 7. The number of ether oxygens (including phenoxy) is 2. The lowest BCUT2D eigenvalue weighted by molar-refractivity contribution is -0.137. The Labute approximate surface area is 190 Å². The first-order chi connectivity index (χ1) is 15.5. The normalized spacial score (nSPS) is 16.3. The maximum absolute atomic E-state index is 13.1. The average molecular weight is 487 g/mol. The number of methoxy groups -OCH3 is 1. The third-order valence-corrected chi connectivity index (χ3v) is 7.25. The van der Waals surface area contributed by atoms with E-state index in [1.165, 1.54) is 41.7 Å². The zero-order chi connectivity index (χ0) is 24.2. The summed E-state index contributed by atoms with van der Waals surface area (Å²) in [6.07, 6.45) is -4.42. The van der Waals surface area contributed by atoms with Crippen LogP contribution in [-0.2, 0) is 25.7 Å². The van der Waals surface area contributed by atoms with Gasteiger partial charge in [0.15, 0.2) is 0 Å². The molecule has 33 heavy (non-hydrogen) atoms. The molecule has 0 aliphatic carbocycles. The second-order valence-corrected chi connectivity index (χ2v) is 9.56. The lowest BCUT2D eigenvalue weighted by Gasteiger charge is -2.26. The third kappa shape index (κ3) is 6.04. The molecule has 1 unspecified atom stereocenters. The second kappa shape index (κ2) is 10.1. The maximum Gasteiger partial charge on any atom is 0.416 e. The van der Waals surface area contributed by atoms with Gasteiger partial charge in [-0.05, 0) is 41.8 Å². The largest absolute Gasteiger partial charge is 0.495 e. The van der Waals surface area contributed by atoms with Crippen molar-refractivity contribution in [1.29, 1.82) is 0 Å². The van der Waals surface area contributed by atoms with Crippen molar-refractivity contribution in [2.24, 2.45) is 0 Å². The van der Waals surface area contributed by atoms with E-state index >= 15 is 0 Å². The monoisotopic (exact) mass is 486 g/mol. The number of amides is 1. The van der Waals surface area contributed by atoms with Gasteiger partial charge >= 0.3 is 6.18 Å². The molecule has 1 saturated heterocycles. The zero-order valence-corrected chi connectivity index (χ0v) is 19.0. The lowest BCUT2D eigenvalue weighted by Crippen LogP contribution is -2.40. The summed E-state index contributed by atoms with van der Waals surface area (Å²) in [5.74, 6) is -0.595. The van der Waals surface area contributed by atoms with E-state index in [2.05, 4.69) is 5.32 Å². The Balaban J connectivity index is 1.72. The fourth-order valence-electron chi connectivity index (χ4n) is 3.49. The molecule has 2 aromatic carbocycles. The molecule has 3 rings (SSSR count). The van der Waals surface area contributed by atoms with Crippen molar-refractivity contribution < 1.29 is 35.9 Å². The topological polar surface area (TPSA) is 84.9 Å². The highest BCUT2D eigenvalue weighted by Gasteiger charge is 2.31. The van der Waals surface area contributed by atoms with Crippen LogP contribution in [0.1, 0.15) is 30.4 Å². The van der Waals surface area contributed by atoms with Gasteiger partial charge in [-0.1, -0.05) is 19.1 Å². The third-order valence-electron chi connectivity index (χ3n) is 5.33. The Hall–Kier alpha value is -2.63. The molecular formula is C22H25F3N2O5S. The Morgan fingerprint density at radius 1 is 1.15 bits per heavy atom. The SMILES string of the molecule is COc1ccc(NC(=O)CC(C)c2ccc(C(F)(F)F)cc2)cc1S(=O)(=O)N1CCOCC1. The van der Waals surface area contributed by atoms with Gasteiger partial charge in [-0.3, -0.25) is 4.79 Å². The molecule has 180 valence electrons. The number of hydrogen-bond acceptors (Lipinski definition) is 5. The summed E-state index contributed by atoms with van der Waals surface area (Å²) >= 11 is 0. The van der Waals surface area contributed by atoms with Gasteiger partial charge in [-0.2, -0.15) is 17.5 Å². The van der Waals surface area contributed by atoms with E-state index in [4.69, 9.17) is 9.47 Å². The molecule has 11 heteroatoms. The summed E-state index contributed by atoms with van der Waals surface area (Å²) in [6.45, 7) is 2.74. The van der Waals surface area contributed by atoms with Crippen LogP contribution in [0.25, 0.3) is 0 Å². The summed E-state index contributed by atoms with van der Waals surface area (Å²) in [5.41, 5.74) is 0.103.